The van der Waals surface area contributed by atoms with Crippen LogP contribution in [-0.4, -0.2) is 30.9 Å². The zero-order valence-electron chi connectivity index (χ0n) is 20.3. The molecule has 0 aliphatic heterocycles. The van der Waals surface area contributed by atoms with E-state index in [0.29, 0.717) is 12.0 Å². The minimum atomic E-state index is -1.04. The molecule has 0 saturated carbocycles. The van der Waals surface area contributed by atoms with Crippen LogP contribution in [0.3, 0.4) is 0 Å². The van der Waals surface area contributed by atoms with E-state index in [9.17, 15) is 14.4 Å². The standard InChI is InChI=1S/C29H31O5P/c1-4-22(20-30)27(21(3)28(31)33-5-2)34-29(32)25-18-12-13-19-26(25)35(23-14-8-6-9-15-23)24-16-10-7-11-17-24/h6-22,27H,4-5H2,1-3H3/t21-,22-,27+/m0/s1. The number of aldehydes is 1. The predicted octanol–water partition coefficient (Wildman–Crippen LogP) is 4.39. The van der Waals surface area contributed by atoms with Gasteiger partial charge in [-0.3, -0.25) is 4.79 Å². The lowest BCUT2D eigenvalue weighted by Crippen LogP contribution is -2.39. The van der Waals surface area contributed by atoms with E-state index in [-0.39, 0.29) is 6.61 Å². The van der Waals surface area contributed by atoms with Crippen molar-refractivity contribution < 1.29 is 23.9 Å². The number of carbonyl (C=O) groups is 3. The highest BCUT2D eigenvalue weighted by molar-refractivity contribution is 7.80. The van der Waals surface area contributed by atoms with Gasteiger partial charge in [0.05, 0.1) is 24.0 Å². The molecule has 5 nitrogen and oxygen atoms in total. The van der Waals surface area contributed by atoms with Gasteiger partial charge in [-0.1, -0.05) is 85.8 Å². The average molecular weight is 491 g/mol. The number of ether oxygens (including phenoxy) is 2. The zero-order valence-corrected chi connectivity index (χ0v) is 21.2. The first-order valence-electron chi connectivity index (χ1n) is 11.8. The quantitative estimate of drug-likeness (QED) is 0.227. The number of hydrogen-bond acceptors (Lipinski definition) is 5. The van der Waals surface area contributed by atoms with Crippen LogP contribution in [0.25, 0.3) is 0 Å². The molecule has 3 aromatic carbocycles. The fraction of sp³-hybridized carbons (Fsp3) is 0.276. The van der Waals surface area contributed by atoms with E-state index >= 15 is 0 Å². The van der Waals surface area contributed by atoms with Crippen LogP contribution in [-0.2, 0) is 19.1 Å². The molecule has 0 N–H and O–H groups in total. The van der Waals surface area contributed by atoms with Gasteiger partial charge in [-0.2, -0.15) is 0 Å². The highest BCUT2D eigenvalue weighted by atomic mass is 31.1. The van der Waals surface area contributed by atoms with Crippen LogP contribution in [0, 0.1) is 11.8 Å². The SMILES string of the molecule is CCOC(=O)[C@@H](C)[C@@H](OC(=O)c1ccccc1P(c1ccccc1)c1ccccc1)[C@H](C=O)CC. The molecule has 35 heavy (non-hydrogen) atoms. The summed E-state index contributed by atoms with van der Waals surface area (Å²) in [6, 6.07) is 27.5. The Morgan fingerprint density at radius 2 is 1.40 bits per heavy atom. The van der Waals surface area contributed by atoms with Crippen LogP contribution in [0.15, 0.2) is 84.9 Å². The topological polar surface area (TPSA) is 69.7 Å². The van der Waals surface area contributed by atoms with Gasteiger partial charge in [0.2, 0.25) is 0 Å². The lowest BCUT2D eigenvalue weighted by Gasteiger charge is -2.28. The fourth-order valence-electron chi connectivity index (χ4n) is 3.98. The maximum atomic E-state index is 13.6. The van der Waals surface area contributed by atoms with Crippen LogP contribution in [0.5, 0.6) is 0 Å². The predicted molar refractivity (Wildman–Crippen MR) is 140 cm³/mol. The molecule has 0 spiro atoms. The summed E-state index contributed by atoms with van der Waals surface area (Å²) in [7, 11) is -1.04. The average Bonchev–Trinajstić information content (AvgIpc) is 2.90. The van der Waals surface area contributed by atoms with Crippen molar-refractivity contribution in [3.8, 4) is 0 Å². The molecule has 0 bridgehead atoms. The largest absolute Gasteiger partial charge is 0.466 e. The van der Waals surface area contributed by atoms with E-state index in [2.05, 4.69) is 24.3 Å². The van der Waals surface area contributed by atoms with Crippen molar-refractivity contribution in [3.05, 3.63) is 90.5 Å². The molecule has 0 unspecified atom stereocenters. The Balaban J connectivity index is 2.03. The van der Waals surface area contributed by atoms with Crippen LogP contribution < -0.4 is 15.9 Å². The number of benzene rings is 3. The van der Waals surface area contributed by atoms with Crippen molar-refractivity contribution in [1.29, 1.82) is 0 Å². The highest BCUT2D eigenvalue weighted by Gasteiger charge is 2.35. The smallest absolute Gasteiger partial charge is 0.339 e. The van der Waals surface area contributed by atoms with Gasteiger partial charge >= 0.3 is 11.9 Å². The van der Waals surface area contributed by atoms with Gasteiger partial charge in [-0.05, 0) is 50.2 Å². The second-order valence-corrected chi connectivity index (χ2v) is 10.3. The molecule has 182 valence electrons. The number of hydrogen-bond donors (Lipinski definition) is 0. The fourth-order valence-corrected chi connectivity index (χ4v) is 6.42. The van der Waals surface area contributed by atoms with Gasteiger partial charge in [0, 0.05) is 0 Å². The van der Waals surface area contributed by atoms with Crippen LogP contribution in [0.2, 0.25) is 0 Å². The third kappa shape index (κ3) is 6.43. The first-order valence-corrected chi connectivity index (χ1v) is 13.2. The summed E-state index contributed by atoms with van der Waals surface area (Å²) < 4.78 is 11.1. The van der Waals surface area contributed by atoms with E-state index in [4.69, 9.17) is 9.47 Å². The van der Waals surface area contributed by atoms with Crippen molar-refractivity contribution in [3.63, 3.8) is 0 Å². The molecule has 3 rings (SSSR count). The summed E-state index contributed by atoms with van der Waals surface area (Å²) in [6.45, 7) is 5.39. The molecule has 3 aromatic rings. The number of esters is 2. The Labute approximate surface area is 208 Å². The molecule has 0 aliphatic rings. The van der Waals surface area contributed by atoms with Crippen molar-refractivity contribution in [2.45, 2.75) is 33.3 Å². The van der Waals surface area contributed by atoms with Crippen molar-refractivity contribution >= 4 is 42.1 Å². The Bertz CT molecular complexity index is 1080. The van der Waals surface area contributed by atoms with Crippen LogP contribution >= 0.6 is 7.92 Å². The Morgan fingerprint density at radius 1 is 0.857 bits per heavy atom. The Hall–Kier alpha value is -3.30. The molecule has 6 heteroatoms. The molecular formula is C29H31O5P. The second-order valence-electron chi connectivity index (χ2n) is 8.14. The summed E-state index contributed by atoms with van der Waals surface area (Å²) in [4.78, 5) is 37.8. The molecule has 0 radical (unpaired) electrons. The molecule has 0 saturated heterocycles. The third-order valence-electron chi connectivity index (χ3n) is 5.86. The van der Waals surface area contributed by atoms with E-state index in [1.54, 1.807) is 26.0 Å². The number of rotatable bonds is 11. The maximum absolute atomic E-state index is 13.6. The molecule has 0 aromatic heterocycles. The van der Waals surface area contributed by atoms with E-state index in [1.165, 1.54) is 0 Å². The lowest BCUT2D eigenvalue weighted by molar-refractivity contribution is -0.153. The summed E-state index contributed by atoms with van der Waals surface area (Å²) >= 11 is 0. The van der Waals surface area contributed by atoms with Gasteiger partial charge in [0.1, 0.15) is 12.4 Å². The first kappa shape index (κ1) is 26.3. The van der Waals surface area contributed by atoms with Crippen molar-refractivity contribution in [1.82, 2.24) is 0 Å². The summed E-state index contributed by atoms with van der Waals surface area (Å²) in [5.41, 5.74) is 0.424. The normalized spacial score (nSPS) is 13.5. The van der Waals surface area contributed by atoms with Crippen molar-refractivity contribution in [2.75, 3.05) is 6.61 Å². The monoisotopic (exact) mass is 490 g/mol. The summed E-state index contributed by atoms with van der Waals surface area (Å²) in [5.74, 6) is -2.43. The number of carbonyl (C=O) groups excluding carboxylic acids is 3. The maximum Gasteiger partial charge on any atom is 0.339 e. The highest BCUT2D eigenvalue weighted by Crippen LogP contribution is 2.34. The molecule has 0 heterocycles. The molecule has 0 amide bonds. The van der Waals surface area contributed by atoms with Gasteiger partial charge < -0.3 is 14.3 Å². The molecular weight excluding hydrogens is 459 g/mol. The van der Waals surface area contributed by atoms with Crippen molar-refractivity contribution in [2.24, 2.45) is 11.8 Å². The summed E-state index contributed by atoms with van der Waals surface area (Å²) in [6.07, 6.45) is 0.269. The third-order valence-corrected chi connectivity index (χ3v) is 8.36. The zero-order chi connectivity index (χ0) is 25.2. The van der Waals surface area contributed by atoms with Crippen LogP contribution in [0.4, 0.5) is 0 Å². The van der Waals surface area contributed by atoms with Gasteiger partial charge in [-0.25, -0.2) is 4.79 Å². The summed E-state index contributed by atoms with van der Waals surface area (Å²) in [5, 5.41) is 3.06. The van der Waals surface area contributed by atoms with Gasteiger partial charge in [0.15, 0.2) is 0 Å². The minimum Gasteiger partial charge on any atom is -0.466 e. The van der Waals surface area contributed by atoms with Crippen LogP contribution in [0.1, 0.15) is 37.6 Å². The molecule has 0 fully saturated rings. The van der Waals surface area contributed by atoms with Gasteiger partial charge in [-0.15, -0.1) is 0 Å². The van der Waals surface area contributed by atoms with E-state index in [1.807, 2.05) is 55.5 Å². The van der Waals surface area contributed by atoms with E-state index in [0.717, 1.165) is 22.2 Å². The molecule has 3 atom stereocenters. The van der Waals surface area contributed by atoms with Gasteiger partial charge in [0.25, 0.3) is 0 Å². The second kappa shape index (κ2) is 13.0. The Morgan fingerprint density at radius 3 is 1.91 bits per heavy atom. The lowest BCUT2D eigenvalue weighted by atomic mass is 9.91. The molecule has 0 aliphatic carbocycles. The first-order chi connectivity index (χ1) is 17.0. The van der Waals surface area contributed by atoms with E-state index < -0.39 is 37.8 Å². The minimum absolute atomic E-state index is 0.211. The Kier molecular flexibility index (Phi) is 9.75.